The van der Waals surface area contributed by atoms with Gasteiger partial charge in [0.25, 0.3) is 0 Å². The number of nitrogens with one attached hydrogen (secondary N) is 1. The third kappa shape index (κ3) is 3.95. The van der Waals surface area contributed by atoms with Gasteiger partial charge < -0.3 is 0 Å². The van der Waals surface area contributed by atoms with Crippen LogP contribution in [0.15, 0.2) is 47.6 Å². The molecule has 0 aliphatic heterocycles. The van der Waals surface area contributed by atoms with E-state index in [1.807, 2.05) is 6.92 Å². The number of rotatable bonds is 4. The van der Waals surface area contributed by atoms with E-state index in [1.165, 1.54) is 16.8 Å². The molecule has 2 aromatic carbocycles. The normalized spacial score (nSPS) is 11.2. The monoisotopic (exact) mass is 396 g/mol. The first-order chi connectivity index (χ1) is 12.0. The van der Waals surface area contributed by atoms with Crippen molar-refractivity contribution in [3.8, 4) is 5.69 Å². The van der Waals surface area contributed by atoms with E-state index in [4.69, 9.17) is 34.8 Å². The second-order valence-electron chi connectivity index (χ2n) is 5.18. The predicted molar refractivity (Wildman–Crippen MR) is 101 cm³/mol. The van der Waals surface area contributed by atoms with Crippen LogP contribution >= 0.6 is 34.8 Å². The maximum atomic E-state index is 13.1. The number of nitrogens with zero attached hydrogens (tertiary/aromatic N) is 3. The van der Waals surface area contributed by atoms with E-state index in [-0.39, 0.29) is 5.82 Å². The van der Waals surface area contributed by atoms with Crippen molar-refractivity contribution in [2.45, 2.75) is 6.92 Å². The lowest BCUT2D eigenvalue weighted by molar-refractivity contribution is 0.627. The molecule has 1 N–H and O–H groups in total. The van der Waals surface area contributed by atoms with Crippen molar-refractivity contribution < 1.29 is 4.39 Å². The van der Waals surface area contributed by atoms with E-state index in [1.54, 1.807) is 36.5 Å². The molecule has 25 heavy (non-hydrogen) atoms. The minimum absolute atomic E-state index is 0.323. The summed E-state index contributed by atoms with van der Waals surface area (Å²) in [4.78, 5) is 0. The molecule has 8 heteroatoms. The van der Waals surface area contributed by atoms with Crippen molar-refractivity contribution in [3.63, 3.8) is 0 Å². The van der Waals surface area contributed by atoms with Crippen molar-refractivity contribution in [2.75, 3.05) is 5.43 Å². The number of anilines is 1. The molecule has 1 aromatic heterocycles. The van der Waals surface area contributed by atoms with Crippen molar-refractivity contribution >= 4 is 46.7 Å². The lowest BCUT2D eigenvalue weighted by Crippen LogP contribution is -1.97. The molecule has 1 heterocycles. The highest BCUT2D eigenvalue weighted by Crippen LogP contribution is 2.25. The second kappa shape index (κ2) is 7.44. The van der Waals surface area contributed by atoms with Crippen molar-refractivity contribution in [1.29, 1.82) is 0 Å². The Hall–Kier alpha value is -2.08. The second-order valence-corrected chi connectivity index (χ2v) is 6.35. The Labute approximate surface area is 158 Å². The quantitative estimate of drug-likeness (QED) is 0.451. The molecule has 0 fully saturated rings. The lowest BCUT2D eigenvalue weighted by atomic mass is 10.3. The summed E-state index contributed by atoms with van der Waals surface area (Å²) >= 11 is 18.2. The summed E-state index contributed by atoms with van der Waals surface area (Å²) in [6.07, 6.45) is 1.56. The molecule has 0 amide bonds. The van der Waals surface area contributed by atoms with Crippen molar-refractivity contribution in [2.24, 2.45) is 5.10 Å². The molecule has 0 radical (unpaired) electrons. The Morgan fingerprint density at radius 3 is 2.48 bits per heavy atom. The molecule has 3 aromatic rings. The van der Waals surface area contributed by atoms with Gasteiger partial charge in [-0.25, -0.2) is 9.07 Å². The fraction of sp³-hybridized carbons (Fsp3) is 0.0588. The zero-order chi connectivity index (χ0) is 18.0. The van der Waals surface area contributed by atoms with Crippen molar-refractivity contribution in [1.82, 2.24) is 9.78 Å². The van der Waals surface area contributed by atoms with Crippen LogP contribution in [0.5, 0.6) is 0 Å². The zero-order valence-electron chi connectivity index (χ0n) is 13.0. The number of hydrogen-bond acceptors (Lipinski definition) is 3. The molecule has 0 atom stereocenters. The van der Waals surface area contributed by atoms with Crippen LogP contribution in [-0.2, 0) is 0 Å². The Morgan fingerprint density at radius 1 is 1.08 bits per heavy atom. The third-order valence-electron chi connectivity index (χ3n) is 3.43. The summed E-state index contributed by atoms with van der Waals surface area (Å²) in [7, 11) is 0. The molecular formula is C17H12Cl3FN4. The van der Waals surface area contributed by atoms with Gasteiger partial charge >= 0.3 is 0 Å². The van der Waals surface area contributed by atoms with Gasteiger partial charge in [-0.05, 0) is 49.4 Å². The largest absolute Gasteiger partial charge is 0.278 e. The first-order valence-corrected chi connectivity index (χ1v) is 8.34. The Kier molecular flexibility index (Phi) is 5.27. The van der Waals surface area contributed by atoms with Gasteiger partial charge in [0.15, 0.2) is 0 Å². The number of benzene rings is 2. The van der Waals surface area contributed by atoms with E-state index >= 15 is 0 Å². The van der Waals surface area contributed by atoms with E-state index in [2.05, 4.69) is 15.6 Å². The van der Waals surface area contributed by atoms with Gasteiger partial charge in [-0.2, -0.15) is 10.2 Å². The summed E-state index contributed by atoms with van der Waals surface area (Å²) < 4.78 is 14.6. The molecule has 128 valence electrons. The van der Waals surface area contributed by atoms with Crippen LogP contribution in [0, 0.1) is 12.7 Å². The predicted octanol–water partition coefficient (Wildman–Crippen LogP) is 5.73. The average molecular weight is 398 g/mol. The number of aryl methyl sites for hydroxylation is 1. The van der Waals surface area contributed by atoms with Crippen LogP contribution in [0.1, 0.15) is 11.3 Å². The SMILES string of the molecule is Cc1nn(-c2ccc(F)cc2)c(Cl)c1/C=N\Nc1ccc(Cl)c(Cl)c1. The molecule has 0 bridgehead atoms. The number of hydrogen-bond donors (Lipinski definition) is 1. The van der Waals surface area contributed by atoms with Gasteiger partial charge in [0.05, 0.1) is 38.9 Å². The Balaban J connectivity index is 1.83. The first-order valence-electron chi connectivity index (χ1n) is 7.21. The maximum absolute atomic E-state index is 13.1. The van der Waals surface area contributed by atoms with Gasteiger partial charge in [-0.15, -0.1) is 0 Å². The Morgan fingerprint density at radius 2 is 1.80 bits per heavy atom. The van der Waals surface area contributed by atoms with Crippen molar-refractivity contribution in [3.05, 3.63) is 74.7 Å². The minimum atomic E-state index is -0.323. The van der Waals surface area contributed by atoms with Crippen LogP contribution in [0.3, 0.4) is 0 Å². The van der Waals surface area contributed by atoms with Gasteiger partial charge in [0, 0.05) is 0 Å². The zero-order valence-corrected chi connectivity index (χ0v) is 15.2. The Bertz CT molecular complexity index is 936. The van der Waals surface area contributed by atoms with Crippen LogP contribution in [0.4, 0.5) is 10.1 Å². The van der Waals surface area contributed by atoms with Gasteiger partial charge in [0.2, 0.25) is 0 Å². The summed E-state index contributed by atoms with van der Waals surface area (Å²) in [6, 6.07) is 11.0. The smallest absolute Gasteiger partial charge is 0.142 e. The molecule has 0 aliphatic rings. The topological polar surface area (TPSA) is 42.2 Å². The summed E-state index contributed by atoms with van der Waals surface area (Å²) in [5, 5.41) is 9.79. The molecule has 0 aliphatic carbocycles. The molecular weight excluding hydrogens is 386 g/mol. The number of halogens is 4. The number of hydrazone groups is 1. The fourth-order valence-electron chi connectivity index (χ4n) is 2.15. The minimum Gasteiger partial charge on any atom is -0.278 e. The highest BCUT2D eigenvalue weighted by atomic mass is 35.5. The van der Waals surface area contributed by atoms with Gasteiger partial charge in [-0.1, -0.05) is 34.8 Å². The van der Waals surface area contributed by atoms with E-state index in [0.29, 0.717) is 37.8 Å². The maximum Gasteiger partial charge on any atom is 0.142 e. The highest BCUT2D eigenvalue weighted by Gasteiger charge is 2.13. The van der Waals surface area contributed by atoms with Crippen LogP contribution in [0.25, 0.3) is 5.69 Å². The fourth-order valence-corrected chi connectivity index (χ4v) is 2.77. The number of aromatic nitrogens is 2. The van der Waals surface area contributed by atoms with Crippen LogP contribution in [-0.4, -0.2) is 16.0 Å². The van der Waals surface area contributed by atoms with E-state index in [9.17, 15) is 4.39 Å². The molecule has 0 saturated heterocycles. The first kappa shape index (κ1) is 17.7. The summed E-state index contributed by atoms with van der Waals surface area (Å²) in [5.74, 6) is -0.323. The third-order valence-corrected chi connectivity index (χ3v) is 4.53. The molecule has 4 nitrogen and oxygen atoms in total. The van der Waals surface area contributed by atoms with E-state index in [0.717, 1.165) is 0 Å². The van der Waals surface area contributed by atoms with Gasteiger partial charge in [-0.3, -0.25) is 5.43 Å². The standard InChI is InChI=1S/C17H12Cl3FN4/c1-10-14(9-22-23-12-4-7-15(18)16(19)8-12)17(20)25(24-10)13-5-2-11(21)3-6-13/h2-9,23H,1H3/b22-9-. The highest BCUT2D eigenvalue weighted by molar-refractivity contribution is 6.42. The lowest BCUT2D eigenvalue weighted by Gasteiger charge is -2.03. The summed E-state index contributed by atoms with van der Waals surface area (Å²) in [6.45, 7) is 1.81. The average Bonchev–Trinajstić information content (AvgIpc) is 2.87. The molecule has 3 rings (SSSR count). The van der Waals surface area contributed by atoms with Gasteiger partial charge in [0.1, 0.15) is 11.0 Å². The molecule has 0 unspecified atom stereocenters. The molecule has 0 spiro atoms. The molecule has 0 saturated carbocycles. The summed E-state index contributed by atoms with van der Waals surface area (Å²) in [5.41, 5.74) is 5.54. The van der Waals surface area contributed by atoms with E-state index < -0.39 is 0 Å². The van der Waals surface area contributed by atoms with Crippen LogP contribution < -0.4 is 5.43 Å². The van der Waals surface area contributed by atoms with Crippen LogP contribution in [0.2, 0.25) is 15.2 Å².